The molecular formula is C22H23ClN4O2. The molecule has 2 amide bonds. The zero-order valence-corrected chi connectivity index (χ0v) is 17.0. The lowest BCUT2D eigenvalue weighted by Gasteiger charge is -2.30. The van der Waals surface area contributed by atoms with Crippen LogP contribution in [0.25, 0.3) is 11.4 Å². The molecule has 1 aliphatic heterocycles. The number of aryl methyl sites for hydroxylation is 1. The summed E-state index contributed by atoms with van der Waals surface area (Å²) >= 11 is 6.04. The molecule has 0 bridgehead atoms. The summed E-state index contributed by atoms with van der Waals surface area (Å²) in [4.78, 5) is 19.0. The number of carbonyl (C=O) groups is 1. The van der Waals surface area contributed by atoms with Gasteiger partial charge in [-0.1, -0.05) is 54.0 Å². The highest BCUT2D eigenvalue weighted by molar-refractivity contribution is 6.30. The Morgan fingerprint density at radius 2 is 2.00 bits per heavy atom. The summed E-state index contributed by atoms with van der Waals surface area (Å²) in [7, 11) is 0. The molecular weight excluding hydrogens is 388 g/mol. The number of rotatable bonds is 4. The molecule has 0 radical (unpaired) electrons. The highest BCUT2D eigenvalue weighted by Gasteiger charge is 2.28. The summed E-state index contributed by atoms with van der Waals surface area (Å²) in [5.74, 6) is 1.32. The van der Waals surface area contributed by atoms with Crippen LogP contribution in [0.5, 0.6) is 0 Å². The van der Waals surface area contributed by atoms with Gasteiger partial charge < -0.3 is 14.7 Å². The number of hydrogen-bond acceptors (Lipinski definition) is 4. The van der Waals surface area contributed by atoms with Gasteiger partial charge in [0, 0.05) is 35.3 Å². The fourth-order valence-corrected chi connectivity index (χ4v) is 3.81. The van der Waals surface area contributed by atoms with Crippen LogP contribution >= 0.6 is 11.6 Å². The van der Waals surface area contributed by atoms with E-state index in [2.05, 4.69) is 22.4 Å². The molecule has 0 aliphatic carbocycles. The van der Waals surface area contributed by atoms with Gasteiger partial charge in [0.2, 0.25) is 11.7 Å². The largest absolute Gasteiger partial charge is 0.339 e. The average molecular weight is 411 g/mol. The Morgan fingerprint density at radius 3 is 2.76 bits per heavy atom. The summed E-state index contributed by atoms with van der Waals surface area (Å²) in [5.41, 5.74) is 2.85. The molecule has 2 aromatic carbocycles. The van der Waals surface area contributed by atoms with Gasteiger partial charge in [-0.25, -0.2) is 4.79 Å². The third kappa shape index (κ3) is 4.43. The van der Waals surface area contributed by atoms with Crippen molar-refractivity contribution in [2.24, 2.45) is 0 Å². The molecule has 1 saturated heterocycles. The Hall–Kier alpha value is -2.86. The van der Waals surface area contributed by atoms with E-state index in [4.69, 9.17) is 16.1 Å². The number of urea groups is 1. The minimum atomic E-state index is -0.0607. The number of hydrogen-bond donors (Lipinski definition) is 1. The van der Waals surface area contributed by atoms with Crippen LogP contribution in [-0.2, 0) is 6.42 Å². The van der Waals surface area contributed by atoms with Gasteiger partial charge in [-0.05, 0) is 43.0 Å². The van der Waals surface area contributed by atoms with Crippen molar-refractivity contribution >= 4 is 23.3 Å². The van der Waals surface area contributed by atoms with Gasteiger partial charge in [0.05, 0.1) is 0 Å². The first-order valence-electron chi connectivity index (χ1n) is 9.87. The summed E-state index contributed by atoms with van der Waals surface area (Å²) in [6.07, 6.45) is 2.46. The Balaban J connectivity index is 1.36. The zero-order chi connectivity index (χ0) is 20.2. The van der Waals surface area contributed by atoms with Crippen molar-refractivity contribution in [1.29, 1.82) is 0 Å². The normalized spacial score (nSPS) is 14.8. The Morgan fingerprint density at radius 1 is 1.21 bits per heavy atom. The average Bonchev–Trinajstić information content (AvgIpc) is 3.24. The van der Waals surface area contributed by atoms with Crippen LogP contribution in [0.4, 0.5) is 10.5 Å². The van der Waals surface area contributed by atoms with Crippen molar-refractivity contribution < 1.29 is 9.32 Å². The molecule has 0 saturated carbocycles. The predicted octanol–water partition coefficient (Wildman–Crippen LogP) is 5.36. The van der Waals surface area contributed by atoms with Crippen LogP contribution in [0.1, 0.15) is 37.1 Å². The summed E-state index contributed by atoms with van der Waals surface area (Å²) in [6, 6.07) is 15.2. The molecule has 29 heavy (non-hydrogen) atoms. The topological polar surface area (TPSA) is 71.3 Å². The lowest BCUT2D eigenvalue weighted by atomic mass is 9.97. The minimum Gasteiger partial charge on any atom is -0.339 e. The number of benzene rings is 2. The van der Waals surface area contributed by atoms with E-state index < -0.39 is 0 Å². The lowest BCUT2D eigenvalue weighted by molar-refractivity contribution is 0.187. The third-order valence-electron chi connectivity index (χ3n) is 5.30. The second kappa shape index (κ2) is 8.66. The first-order chi connectivity index (χ1) is 14.1. The molecule has 4 rings (SSSR count). The van der Waals surface area contributed by atoms with Gasteiger partial charge in [0.25, 0.3) is 0 Å². The number of anilines is 1. The van der Waals surface area contributed by atoms with E-state index in [1.54, 1.807) is 0 Å². The highest BCUT2D eigenvalue weighted by atomic mass is 35.5. The molecule has 1 aromatic heterocycles. The van der Waals surface area contributed by atoms with E-state index >= 15 is 0 Å². The number of nitrogens with zero attached hydrogens (tertiary/aromatic N) is 3. The number of likely N-dealkylation sites (tertiary alicyclic amines) is 1. The second-order valence-electron chi connectivity index (χ2n) is 7.17. The Bertz CT molecular complexity index is 996. The van der Waals surface area contributed by atoms with Gasteiger partial charge >= 0.3 is 6.03 Å². The van der Waals surface area contributed by atoms with E-state index in [-0.39, 0.29) is 11.9 Å². The number of carbonyl (C=O) groups excluding carboxylic acids is 1. The van der Waals surface area contributed by atoms with Crippen LogP contribution in [0, 0.1) is 0 Å². The molecule has 2 heterocycles. The summed E-state index contributed by atoms with van der Waals surface area (Å²) in [5, 5.41) is 7.77. The number of halogens is 1. The van der Waals surface area contributed by atoms with Gasteiger partial charge in [-0.3, -0.25) is 0 Å². The van der Waals surface area contributed by atoms with Gasteiger partial charge in [-0.2, -0.15) is 4.98 Å². The van der Waals surface area contributed by atoms with Crippen LogP contribution in [0.15, 0.2) is 53.1 Å². The van der Waals surface area contributed by atoms with E-state index in [0.29, 0.717) is 29.8 Å². The molecule has 0 spiro atoms. The molecule has 1 N–H and O–H groups in total. The number of piperidine rings is 1. The van der Waals surface area contributed by atoms with Gasteiger partial charge in [-0.15, -0.1) is 0 Å². The standard InChI is InChI=1S/C22H23ClN4O2/c1-2-15-6-3-4-9-19(15)24-22(28)27-12-10-16(11-13-27)21-25-20(26-29-21)17-7-5-8-18(23)14-17/h3-9,14,16H,2,10-13H2,1H3,(H,24,28). The molecule has 1 fully saturated rings. The van der Waals surface area contributed by atoms with Crippen molar-refractivity contribution in [2.45, 2.75) is 32.1 Å². The highest BCUT2D eigenvalue weighted by Crippen LogP contribution is 2.29. The maximum Gasteiger partial charge on any atom is 0.321 e. The van der Waals surface area contributed by atoms with E-state index in [0.717, 1.165) is 36.1 Å². The van der Waals surface area contributed by atoms with E-state index in [9.17, 15) is 4.79 Å². The predicted molar refractivity (Wildman–Crippen MR) is 113 cm³/mol. The first kappa shape index (κ1) is 19.5. The van der Waals surface area contributed by atoms with Crippen LogP contribution in [0.2, 0.25) is 5.02 Å². The number of amides is 2. The van der Waals surface area contributed by atoms with Crippen LogP contribution in [-0.4, -0.2) is 34.2 Å². The van der Waals surface area contributed by atoms with Crippen LogP contribution < -0.4 is 5.32 Å². The maximum atomic E-state index is 12.7. The minimum absolute atomic E-state index is 0.0607. The molecule has 6 nitrogen and oxygen atoms in total. The van der Waals surface area contributed by atoms with Crippen molar-refractivity contribution in [3.8, 4) is 11.4 Å². The van der Waals surface area contributed by atoms with E-state index in [1.807, 2.05) is 53.4 Å². The van der Waals surface area contributed by atoms with Crippen molar-refractivity contribution in [1.82, 2.24) is 15.0 Å². The van der Waals surface area contributed by atoms with Gasteiger partial charge in [0.15, 0.2) is 0 Å². The Kier molecular flexibility index (Phi) is 5.81. The Labute approximate surface area is 174 Å². The third-order valence-corrected chi connectivity index (χ3v) is 5.53. The molecule has 150 valence electrons. The SMILES string of the molecule is CCc1ccccc1NC(=O)N1CCC(c2nc(-c3cccc(Cl)c3)no2)CC1. The van der Waals surface area contributed by atoms with E-state index in [1.165, 1.54) is 0 Å². The molecule has 7 heteroatoms. The smallest absolute Gasteiger partial charge is 0.321 e. The van der Waals surface area contributed by atoms with Crippen molar-refractivity contribution in [3.05, 3.63) is 65.0 Å². The fraction of sp³-hybridized carbons (Fsp3) is 0.318. The number of para-hydroxylation sites is 1. The van der Waals surface area contributed by atoms with Gasteiger partial charge in [0.1, 0.15) is 0 Å². The first-order valence-corrected chi connectivity index (χ1v) is 10.2. The van der Waals surface area contributed by atoms with Crippen LogP contribution in [0.3, 0.4) is 0 Å². The fourth-order valence-electron chi connectivity index (χ4n) is 3.62. The molecule has 1 aliphatic rings. The quantitative estimate of drug-likeness (QED) is 0.628. The lowest BCUT2D eigenvalue weighted by Crippen LogP contribution is -2.40. The molecule has 0 atom stereocenters. The second-order valence-corrected chi connectivity index (χ2v) is 7.61. The molecule has 3 aromatic rings. The van der Waals surface area contributed by atoms with Crippen molar-refractivity contribution in [3.63, 3.8) is 0 Å². The zero-order valence-electron chi connectivity index (χ0n) is 16.3. The molecule has 0 unspecified atom stereocenters. The maximum absolute atomic E-state index is 12.7. The summed E-state index contributed by atoms with van der Waals surface area (Å²) in [6.45, 7) is 3.39. The van der Waals surface area contributed by atoms with Crippen molar-refractivity contribution in [2.75, 3.05) is 18.4 Å². The monoisotopic (exact) mass is 410 g/mol. The number of nitrogens with one attached hydrogen (secondary N) is 1. The summed E-state index contributed by atoms with van der Waals surface area (Å²) < 4.78 is 5.50. The number of aromatic nitrogens is 2.